The second-order valence-corrected chi connectivity index (χ2v) is 8.08. The third-order valence-corrected chi connectivity index (χ3v) is 5.87. The van der Waals surface area contributed by atoms with Gasteiger partial charge >= 0.3 is 0 Å². The Hall–Kier alpha value is -3.58. The molecule has 4 rings (SSSR count). The second kappa shape index (κ2) is 9.92. The molecule has 172 valence electrons. The number of ether oxygens (including phenoxy) is 2. The standard InChI is InChI=1S/C26H27NO6/c1-16-13-22(28)25(30)26(33-16)21(18-7-9-19(31-2)10-8-18)14-24(29)27-15-23-20-6-4-3-5-17(20)11-12-32-23/h3-10,13,21,23,30H,11-12,14-15H2,1-2H3,(H,27,29). The molecule has 2 N–H and O–H groups in total. The van der Waals surface area contributed by atoms with Crippen LogP contribution in [-0.4, -0.2) is 31.3 Å². The lowest BCUT2D eigenvalue weighted by atomic mass is 9.91. The molecule has 2 aromatic carbocycles. The summed E-state index contributed by atoms with van der Waals surface area (Å²) in [6, 6.07) is 16.4. The van der Waals surface area contributed by atoms with E-state index < -0.39 is 17.1 Å². The van der Waals surface area contributed by atoms with E-state index in [1.807, 2.05) is 18.2 Å². The van der Waals surface area contributed by atoms with Gasteiger partial charge in [-0.15, -0.1) is 0 Å². The number of carbonyl (C=O) groups excluding carboxylic acids is 1. The zero-order valence-corrected chi connectivity index (χ0v) is 18.7. The lowest BCUT2D eigenvalue weighted by molar-refractivity contribution is -0.122. The van der Waals surface area contributed by atoms with Gasteiger partial charge in [-0.3, -0.25) is 9.59 Å². The lowest BCUT2D eigenvalue weighted by Crippen LogP contribution is -2.32. The van der Waals surface area contributed by atoms with Crippen LogP contribution in [0.3, 0.4) is 0 Å². The third-order valence-electron chi connectivity index (χ3n) is 5.87. The maximum Gasteiger partial charge on any atom is 0.227 e. The van der Waals surface area contributed by atoms with Crippen LogP contribution in [0.25, 0.3) is 0 Å². The molecule has 2 heterocycles. The average Bonchev–Trinajstić information content (AvgIpc) is 2.83. The predicted octanol–water partition coefficient (Wildman–Crippen LogP) is 3.61. The van der Waals surface area contributed by atoms with Crippen molar-refractivity contribution in [3.8, 4) is 11.5 Å². The van der Waals surface area contributed by atoms with E-state index in [1.54, 1.807) is 38.3 Å². The van der Waals surface area contributed by atoms with Gasteiger partial charge in [-0.2, -0.15) is 0 Å². The molecule has 0 bridgehead atoms. The molecule has 7 heteroatoms. The van der Waals surface area contributed by atoms with Gasteiger partial charge in [0.25, 0.3) is 0 Å². The van der Waals surface area contributed by atoms with Crippen LogP contribution in [-0.2, 0) is 16.0 Å². The van der Waals surface area contributed by atoms with Crippen molar-refractivity contribution >= 4 is 5.91 Å². The van der Waals surface area contributed by atoms with E-state index in [-0.39, 0.29) is 24.2 Å². The summed E-state index contributed by atoms with van der Waals surface area (Å²) in [4.78, 5) is 25.2. The highest BCUT2D eigenvalue weighted by molar-refractivity contribution is 5.77. The summed E-state index contributed by atoms with van der Waals surface area (Å²) < 4.78 is 16.8. The van der Waals surface area contributed by atoms with E-state index >= 15 is 0 Å². The number of aryl methyl sites for hydroxylation is 1. The van der Waals surface area contributed by atoms with E-state index in [0.29, 0.717) is 30.2 Å². The highest BCUT2D eigenvalue weighted by atomic mass is 16.5. The van der Waals surface area contributed by atoms with E-state index in [9.17, 15) is 14.7 Å². The normalized spacial score (nSPS) is 16.0. The number of benzene rings is 2. The number of methoxy groups -OCH3 is 1. The zero-order valence-electron chi connectivity index (χ0n) is 18.7. The largest absolute Gasteiger partial charge is 0.502 e. The maximum absolute atomic E-state index is 13.0. The molecule has 2 atom stereocenters. The molecule has 1 aromatic heterocycles. The first kappa shape index (κ1) is 22.6. The second-order valence-electron chi connectivity index (χ2n) is 8.08. The summed E-state index contributed by atoms with van der Waals surface area (Å²) in [5, 5.41) is 13.4. The minimum atomic E-state index is -0.650. The van der Waals surface area contributed by atoms with Gasteiger partial charge in [-0.25, -0.2) is 0 Å². The van der Waals surface area contributed by atoms with Crippen molar-refractivity contribution < 1.29 is 23.8 Å². The molecule has 1 aliphatic rings. The van der Waals surface area contributed by atoms with Crippen LogP contribution in [0, 0.1) is 6.92 Å². The van der Waals surface area contributed by atoms with E-state index in [0.717, 1.165) is 12.0 Å². The molecular formula is C26H27NO6. The fourth-order valence-corrected chi connectivity index (χ4v) is 4.17. The molecule has 1 amide bonds. The van der Waals surface area contributed by atoms with Gasteiger partial charge in [-0.05, 0) is 42.2 Å². The Balaban J connectivity index is 1.55. The van der Waals surface area contributed by atoms with Crippen molar-refractivity contribution in [3.05, 3.63) is 93.0 Å². The van der Waals surface area contributed by atoms with Gasteiger partial charge in [0.05, 0.1) is 19.6 Å². The van der Waals surface area contributed by atoms with Crippen LogP contribution in [0.5, 0.6) is 11.5 Å². The Morgan fingerprint density at radius 1 is 1.21 bits per heavy atom. The van der Waals surface area contributed by atoms with Crippen molar-refractivity contribution in [1.82, 2.24) is 5.32 Å². The summed E-state index contributed by atoms with van der Waals surface area (Å²) in [5.41, 5.74) is 2.48. The van der Waals surface area contributed by atoms with Crippen LogP contribution >= 0.6 is 0 Å². The monoisotopic (exact) mass is 449 g/mol. The molecule has 33 heavy (non-hydrogen) atoms. The van der Waals surface area contributed by atoms with Gasteiger partial charge in [-0.1, -0.05) is 36.4 Å². The number of amides is 1. The van der Waals surface area contributed by atoms with Gasteiger partial charge in [0, 0.05) is 19.0 Å². The predicted molar refractivity (Wildman–Crippen MR) is 123 cm³/mol. The zero-order chi connectivity index (χ0) is 23.4. The van der Waals surface area contributed by atoms with Gasteiger partial charge in [0.2, 0.25) is 17.1 Å². The van der Waals surface area contributed by atoms with Crippen molar-refractivity contribution in [3.63, 3.8) is 0 Å². The summed E-state index contributed by atoms with van der Waals surface area (Å²) in [6.07, 6.45) is 0.621. The quantitative estimate of drug-likeness (QED) is 0.572. The summed E-state index contributed by atoms with van der Waals surface area (Å²) >= 11 is 0. The molecule has 0 aliphatic carbocycles. The average molecular weight is 450 g/mol. The lowest BCUT2D eigenvalue weighted by Gasteiger charge is -2.26. The summed E-state index contributed by atoms with van der Waals surface area (Å²) in [7, 11) is 1.57. The number of nitrogens with one attached hydrogen (secondary N) is 1. The van der Waals surface area contributed by atoms with Gasteiger partial charge < -0.3 is 24.3 Å². The Kier molecular flexibility index (Phi) is 6.79. The minimum Gasteiger partial charge on any atom is -0.502 e. The Morgan fingerprint density at radius 2 is 1.97 bits per heavy atom. The number of fused-ring (bicyclic) bond motifs is 1. The third kappa shape index (κ3) is 5.09. The molecule has 7 nitrogen and oxygen atoms in total. The Labute approximate surface area is 192 Å². The van der Waals surface area contributed by atoms with Crippen LogP contribution in [0.2, 0.25) is 0 Å². The number of aromatic hydroxyl groups is 1. The van der Waals surface area contributed by atoms with E-state index in [4.69, 9.17) is 13.9 Å². The smallest absolute Gasteiger partial charge is 0.227 e. The van der Waals surface area contributed by atoms with E-state index in [2.05, 4.69) is 11.4 Å². The van der Waals surface area contributed by atoms with Crippen molar-refractivity contribution in [2.45, 2.75) is 31.8 Å². The number of hydrogen-bond donors (Lipinski definition) is 2. The first-order chi connectivity index (χ1) is 16.0. The highest BCUT2D eigenvalue weighted by Gasteiger charge is 2.27. The first-order valence-corrected chi connectivity index (χ1v) is 10.9. The number of rotatable bonds is 7. The fourth-order valence-electron chi connectivity index (χ4n) is 4.17. The SMILES string of the molecule is COc1ccc(C(CC(=O)NCC2OCCc3ccccc32)c2oc(C)cc(=O)c2O)cc1. The molecule has 0 spiro atoms. The van der Waals surface area contributed by atoms with Gasteiger partial charge in [0.1, 0.15) is 17.6 Å². The summed E-state index contributed by atoms with van der Waals surface area (Å²) in [6.45, 7) is 2.57. The Morgan fingerprint density at radius 3 is 2.73 bits per heavy atom. The number of hydrogen-bond acceptors (Lipinski definition) is 6. The molecule has 2 unspecified atom stereocenters. The molecule has 1 aliphatic heterocycles. The van der Waals surface area contributed by atoms with Crippen LogP contribution in [0.4, 0.5) is 0 Å². The van der Waals surface area contributed by atoms with Crippen LogP contribution < -0.4 is 15.5 Å². The highest BCUT2D eigenvalue weighted by Crippen LogP contribution is 2.34. The van der Waals surface area contributed by atoms with E-state index in [1.165, 1.54) is 11.6 Å². The molecular weight excluding hydrogens is 422 g/mol. The fraction of sp³-hybridized carbons (Fsp3) is 0.308. The summed E-state index contributed by atoms with van der Waals surface area (Å²) in [5.74, 6) is -0.295. The van der Waals surface area contributed by atoms with Crippen LogP contribution in [0.15, 0.2) is 63.8 Å². The molecule has 0 saturated heterocycles. The molecule has 0 saturated carbocycles. The topological polar surface area (TPSA) is 98.0 Å². The van der Waals surface area contributed by atoms with Crippen molar-refractivity contribution in [2.75, 3.05) is 20.3 Å². The first-order valence-electron chi connectivity index (χ1n) is 10.9. The molecule has 0 fully saturated rings. The van der Waals surface area contributed by atoms with Crippen LogP contribution in [0.1, 0.15) is 46.7 Å². The molecule has 3 aromatic rings. The van der Waals surface area contributed by atoms with Crippen molar-refractivity contribution in [1.29, 1.82) is 0 Å². The minimum absolute atomic E-state index is 0.0132. The Bertz CT molecular complexity index is 1180. The number of carbonyl (C=O) groups is 1. The van der Waals surface area contributed by atoms with Gasteiger partial charge in [0.15, 0.2) is 5.76 Å². The van der Waals surface area contributed by atoms with Crippen molar-refractivity contribution in [2.24, 2.45) is 0 Å². The molecule has 0 radical (unpaired) electrons. The maximum atomic E-state index is 13.0.